The van der Waals surface area contributed by atoms with Crippen molar-refractivity contribution in [3.05, 3.63) is 29.8 Å². The van der Waals surface area contributed by atoms with Crippen molar-refractivity contribution in [3.8, 4) is 0 Å². The second-order valence-electron chi connectivity index (χ2n) is 4.92. The topological polar surface area (TPSA) is 35.5 Å². The van der Waals surface area contributed by atoms with E-state index in [2.05, 4.69) is 48.5 Å². The highest BCUT2D eigenvalue weighted by Gasteiger charge is 2.35. The molecule has 2 rings (SSSR count). The third kappa shape index (κ3) is 2.36. The maximum absolute atomic E-state index is 9.56. The molecule has 0 bridgehead atoms. The lowest BCUT2D eigenvalue weighted by Crippen LogP contribution is -2.44. The van der Waals surface area contributed by atoms with Gasteiger partial charge in [-0.05, 0) is 32.5 Å². The highest BCUT2D eigenvalue weighted by atomic mass is 16.3. The van der Waals surface area contributed by atoms with Crippen molar-refractivity contribution >= 4 is 5.69 Å². The standard InChI is InChI=1S/C13H20N2O/c1-11-3-5-12(6-4-11)14-13(10-16)7-8-15(2)9-13/h3-6,14,16H,7-10H2,1-2H3. The molecule has 1 aromatic carbocycles. The summed E-state index contributed by atoms with van der Waals surface area (Å²) in [7, 11) is 2.09. The molecule has 3 nitrogen and oxygen atoms in total. The molecule has 0 aliphatic carbocycles. The Morgan fingerprint density at radius 2 is 2.06 bits per heavy atom. The van der Waals surface area contributed by atoms with E-state index >= 15 is 0 Å². The molecule has 1 aromatic rings. The van der Waals surface area contributed by atoms with Crippen molar-refractivity contribution in [1.29, 1.82) is 0 Å². The van der Waals surface area contributed by atoms with E-state index in [-0.39, 0.29) is 12.1 Å². The van der Waals surface area contributed by atoms with E-state index in [4.69, 9.17) is 0 Å². The van der Waals surface area contributed by atoms with Gasteiger partial charge in [0.15, 0.2) is 0 Å². The average Bonchev–Trinajstić information content (AvgIpc) is 2.64. The number of likely N-dealkylation sites (N-methyl/N-ethyl adjacent to an activating group) is 1. The minimum atomic E-state index is -0.163. The lowest BCUT2D eigenvalue weighted by atomic mass is 9.99. The van der Waals surface area contributed by atoms with E-state index in [1.165, 1.54) is 5.56 Å². The van der Waals surface area contributed by atoms with Crippen molar-refractivity contribution in [3.63, 3.8) is 0 Å². The highest BCUT2D eigenvalue weighted by molar-refractivity contribution is 5.47. The molecule has 1 saturated heterocycles. The summed E-state index contributed by atoms with van der Waals surface area (Å²) in [4.78, 5) is 2.25. The Labute approximate surface area is 97.1 Å². The normalized spacial score (nSPS) is 25.9. The van der Waals surface area contributed by atoms with E-state index < -0.39 is 0 Å². The maximum Gasteiger partial charge on any atom is 0.0742 e. The zero-order chi connectivity index (χ0) is 11.6. The molecule has 1 atom stereocenters. The number of hydrogen-bond donors (Lipinski definition) is 2. The maximum atomic E-state index is 9.56. The predicted molar refractivity (Wildman–Crippen MR) is 66.7 cm³/mol. The number of likely N-dealkylation sites (tertiary alicyclic amines) is 1. The van der Waals surface area contributed by atoms with Crippen molar-refractivity contribution in [2.45, 2.75) is 18.9 Å². The molecule has 0 radical (unpaired) electrons. The number of aliphatic hydroxyl groups excluding tert-OH is 1. The SMILES string of the molecule is Cc1ccc(NC2(CO)CCN(C)C2)cc1. The molecular formula is C13H20N2O. The minimum absolute atomic E-state index is 0.163. The van der Waals surface area contributed by atoms with Crippen LogP contribution in [0.3, 0.4) is 0 Å². The van der Waals surface area contributed by atoms with Crippen molar-refractivity contribution in [2.24, 2.45) is 0 Å². The van der Waals surface area contributed by atoms with Crippen LogP contribution in [0, 0.1) is 6.92 Å². The second kappa shape index (κ2) is 4.44. The van der Waals surface area contributed by atoms with Crippen LogP contribution in [0.15, 0.2) is 24.3 Å². The minimum Gasteiger partial charge on any atom is -0.394 e. The molecule has 0 spiro atoms. The van der Waals surface area contributed by atoms with Crippen LogP contribution in [0.4, 0.5) is 5.69 Å². The van der Waals surface area contributed by atoms with Crippen LogP contribution < -0.4 is 5.32 Å². The summed E-state index contributed by atoms with van der Waals surface area (Å²) in [5.74, 6) is 0. The summed E-state index contributed by atoms with van der Waals surface area (Å²) < 4.78 is 0. The number of anilines is 1. The molecule has 0 amide bonds. The Kier molecular flexibility index (Phi) is 3.17. The molecular weight excluding hydrogens is 200 g/mol. The van der Waals surface area contributed by atoms with Gasteiger partial charge in [0, 0.05) is 18.8 Å². The summed E-state index contributed by atoms with van der Waals surface area (Å²) in [5, 5.41) is 13.0. The van der Waals surface area contributed by atoms with Crippen molar-refractivity contribution in [1.82, 2.24) is 4.90 Å². The van der Waals surface area contributed by atoms with Gasteiger partial charge in [0.1, 0.15) is 0 Å². The molecule has 1 aliphatic heterocycles. The zero-order valence-corrected chi connectivity index (χ0v) is 10.0. The molecule has 16 heavy (non-hydrogen) atoms. The van der Waals surface area contributed by atoms with Crippen molar-refractivity contribution in [2.75, 3.05) is 32.1 Å². The van der Waals surface area contributed by atoms with Gasteiger partial charge in [-0.3, -0.25) is 0 Å². The highest BCUT2D eigenvalue weighted by Crippen LogP contribution is 2.25. The Bertz CT molecular complexity index is 349. The Morgan fingerprint density at radius 3 is 2.56 bits per heavy atom. The zero-order valence-electron chi connectivity index (χ0n) is 10.0. The van der Waals surface area contributed by atoms with Crippen LogP contribution in [0.25, 0.3) is 0 Å². The molecule has 1 fully saturated rings. The van der Waals surface area contributed by atoms with E-state index in [1.807, 2.05) is 0 Å². The number of hydrogen-bond acceptors (Lipinski definition) is 3. The Morgan fingerprint density at radius 1 is 1.38 bits per heavy atom. The van der Waals surface area contributed by atoms with E-state index in [9.17, 15) is 5.11 Å². The van der Waals surface area contributed by atoms with Crippen LogP contribution in [-0.2, 0) is 0 Å². The van der Waals surface area contributed by atoms with Gasteiger partial charge in [-0.15, -0.1) is 0 Å². The summed E-state index contributed by atoms with van der Waals surface area (Å²) in [6, 6.07) is 8.33. The van der Waals surface area contributed by atoms with Crippen LogP contribution in [0.5, 0.6) is 0 Å². The first-order valence-electron chi connectivity index (χ1n) is 5.78. The van der Waals surface area contributed by atoms with Gasteiger partial charge in [-0.25, -0.2) is 0 Å². The lowest BCUT2D eigenvalue weighted by molar-refractivity contribution is 0.212. The number of nitrogens with zero attached hydrogens (tertiary/aromatic N) is 1. The fourth-order valence-corrected chi connectivity index (χ4v) is 2.29. The summed E-state index contributed by atoms with van der Waals surface area (Å²) in [5.41, 5.74) is 2.19. The van der Waals surface area contributed by atoms with E-state index in [1.54, 1.807) is 0 Å². The molecule has 2 N–H and O–H groups in total. The van der Waals surface area contributed by atoms with Gasteiger partial charge in [-0.2, -0.15) is 0 Å². The van der Waals surface area contributed by atoms with Gasteiger partial charge in [0.2, 0.25) is 0 Å². The van der Waals surface area contributed by atoms with Gasteiger partial charge >= 0.3 is 0 Å². The fourth-order valence-electron chi connectivity index (χ4n) is 2.29. The first-order valence-corrected chi connectivity index (χ1v) is 5.78. The molecule has 0 aromatic heterocycles. The number of nitrogens with one attached hydrogen (secondary N) is 1. The monoisotopic (exact) mass is 220 g/mol. The van der Waals surface area contributed by atoms with Gasteiger partial charge < -0.3 is 15.3 Å². The lowest BCUT2D eigenvalue weighted by Gasteiger charge is -2.29. The third-order valence-electron chi connectivity index (χ3n) is 3.31. The Hall–Kier alpha value is -1.06. The quantitative estimate of drug-likeness (QED) is 0.810. The number of aliphatic hydroxyl groups is 1. The molecule has 3 heteroatoms. The van der Waals surface area contributed by atoms with Crippen LogP contribution >= 0.6 is 0 Å². The molecule has 1 aliphatic rings. The van der Waals surface area contributed by atoms with E-state index in [0.717, 1.165) is 25.2 Å². The molecule has 88 valence electrons. The summed E-state index contributed by atoms with van der Waals surface area (Å²) in [6.07, 6.45) is 0.994. The number of rotatable bonds is 3. The second-order valence-corrected chi connectivity index (χ2v) is 4.92. The predicted octanol–water partition coefficient (Wildman–Crippen LogP) is 1.47. The van der Waals surface area contributed by atoms with Gasteiger partial charge in [0.05, 0.1) is 12.1 Å². The van der Waals surface area contributed by atoms with Crippen LogP contribution in [-0.4, -0.2) is 42.3 Å². The van der Waals surface area contributed by atoms with Gasteiger partial charge in [0.25, 0.3) is 0 Å². The molecule has 1 heterocycles. The largest absolute Gasteiger partial charge is 0.394 e. The van der Waals surface area contributed by atoms with Crippen LogP contribution in [0.1, 0.15) is 12.0 Å². The average molecular weight is 220 g/mol. The van der Waals surface area contributed by atoms with Crippen molar-refractivity contribution < 1.29 is 5.11 Å². The summed E-state index contributed by atoms with van der Waals surface area (Å²) in [6.45, 7) is 4.21. The van der Waals surface area contributed by atoms with Crippen LogP contribution in [0.2, 0.25) is 0 Å². The summed E-state index contributed by atoms with van der Waals surface area (Å²) >= 11 is 0. The first-order chi connectivity index (χ1) is 7.63. The fraction of sp³-hybridized carbons (Fsp3) is 0.538. The van der Waals surface area contributed by atoms with E-state index in [0.29, 0.717) is 0 Å². The number of benzene rings is 1. The smallest absolute Gasteiger partial charge is 0.0742 e. The molecule has 1 unspecified atom stereocenters. The van der Waals surface area contributed by atoms with Gasteiger partial charge in [-0.1, -0.05) is 17.7 Å². The molecule has 0 saturated carbocycles. The Balaban J connectivity index is 2.10. The third-order valence-corrected chi connectivity index (χ3v) is 3.31. The first kappa shape index (κ1) is 11.4. The number of aryl methyl sites for hydroxylation is 1.